The number of nitrogens with two attached hydrogens (primary N) is 1. The summed E-state index contributed by atoms with van der Waals surface area (Å²) in [5.41, 5.74) is 5.64. The fourth-order valence-corrected chi connectivity index (χ4v) is 2.41. The van der Waals surface area contributed by atoms with Gasteiger partial charge in [-0.2, -0.15) is 0 Å². The second-order valence-electron chi connectivity index (χ2n) is 4.00. The first-order valence-corrected chi connectivity index (χ1v) is 6.26. The molecule has 1 aliphatic rings. The summed E-state index contributed by atoms with van der Waals surface area (Å²) >= 11 is 1.39. The van der Waals surface area contributed by atoms with Gasteiger partial charge in [-0.1, -0.05) is 0 Å². The molecule has 1 saturated carbocycles. The van der Waals surface area contributed by atoms with Crippen molar-refractivity contribution in [3.05, 3.63) is 16.3 Å². The zero-order valence-electron chi connectivity index (χ0n) is 9.23. The molecule has 0 spiro atoms. The average molecular weight is 240 g/mol. The van der Waals surface area contributed by atoms with Crippen molar-refractivity contribution < 1.29 is 9.53 Å². The molecular weight excluding hydrogens is 224 g/mol. The van der Waals surface area contributed by atoms with Crippen LogP contribution < -0.4 is 15.8 Å². The van der Waals surface area contributed by atoms with E-state index in [2.05, 4.69) is 5.32 Å². The van der Waals surface area contributed by atoms with Crippen molar-refractivity contribution in [3.8, 4) is 5.75 Å². The summed E-state index contributed by atoms with van der Waals surface area (Å²) in [5.74, 6) is 1.26. The Kier molecular flexibility index (Phi) is 3.46. The number of carbonyl (C=O) groups is 1. The van der Waals surface area contributed by atoms with E-state index in [1.807, 2.05) is 5.38 Å². The van der Waals surface area contributed by atoms with Crippen molar-refractivity contribution in [3.63, 3.8) is 0 Å². The predicted molar refractivity (Wildman–Crippen MR) is 63.9 cm³/mol. The Morgan fingerprint density at radius 2 is 2.50 bits per heavy atom. The number of ether oxygens (including phenoxy) is 1. The smallest absolute Gasteiger partial charge is 0.261 e. The Hall–Kier alpha value is -1.07. The van der Waals surface area contributed by atoms with Crippen LogP contribution in [-0.2, 0) is 0 Å². The number of methoxy groups -OCH3 is 1. The highest BCUT2D eigenvalue weighted by Crippen LogP contribution is 2.32. The number of nitrogens with one attached hydrogen (secondary N) is 1. The Morgan fingerprint density at radius 1 is 1.75 bits per heavy atom. The molecule has 1 fully saturated rings. The van der Waals surface area contributed by atoms with Crippen LogP contribution >= 0.6 is 11.3 Å². The molecule has 88 valence electrons. The van der Waals surface area contributed by atoms with E-state index in [0.29, 0.717) is 17.3 Å². The highest BCUT2D eigenvalue weighted by atomic mass is 32.1. The average Bonchev–Trinajstić information content (AvgIpc) is 3.02. The molecule has 0 radical (unpaired) electrons. The van der Waals surface area contributed by atoms with Gasteiger partial charge in [-0.25, -0.2) is 0 Å². The predicted octanol–water partition coefficient (Wildman–Crippen LogP) is 1.22. The van der Waals surface area contributed by atoms with Crippen molar-refractivity contribution in [1.82, 2.24) is 5.32 Å². The van der Waals surface area contributed by atoms with Crippen LogP contribution in [0.25, 0.3) is 0 Å². The van der Waals surface area contributed by atoms with Crippen LogP contribution in [0, 0.1) is 5.92 Å². The molecule has 16 heavy (non-hydrogen) atoms. The number of hydrogen-bond donors (Lipinski definition) is 2. The van der Waals surface area contributed by atoms with E-state index in [9.17, 15) is 4.79 Å². The summed E-state index contributed by atoms with van der Waals surface area (Å²) in [6.45, 7) is 0.513. The molecule has 0 saturated heterocycles. The fraction of sp³-hybridized carbons (Fsp3) is 0.545. The third-order valence-corrected chi connectivity index (χ3v) is 3.70. The van der Waals surface area contributed by atoms with E-state index < -0.39 is 0 Å². The molecule has 1 unspecified atom stereocenters. The van der Waals surface area contributed by atoms with Crippen molar-refractivity contribution in [2.24, 2.45) is 11.7 Å². The molecular formula is C11H16N2O2S. The molecule has 4 nitrogen and oxygen atoms in total. The van der Waals surface area contributed by atoms with Crippen LogP contribution in [0.2, 0.25) is 0 Å². The first-order valence-electron chi connectivity index (χ1n) is 5.38. The molecule has 1 aromatic heterocycles. The minimum absolute atomic E-state index is 0.0457. The molecule has 3 N–H and O–H groups in total. The summed E-state index contributed by atoms with van der Waals surface area (Å²) in [5, 5.41) is 4.80. The molecule has 1 atom stereocenters. The summed E-state index contributed by atoms with van der Waals surface area (Å²) in [6, 6.07) is 1.88. The van der Waals surface area contributed by atoms with E-state index in [1.54, 1.807) is 13.2 Å². The van der Waals surface area contributed by atoms with Crippen LogP contribution in [0.15, 0.2) is 11.4 Å². The maximum Gasteiger partial charge on any atom is 0.261 e. The lowest BCUT2D eigenvalue weighted by atomic mass is 10.2. The van der Waals surface area contributed by atoms with E-state index >= 15 is 0 Å². The van der Waals surface area contributed by atoms with E-state index in [-0.39, 0.29) is 11.9 Å². The van der Waals surface area contributed by atoms with Crippen molar-refractivity contribution in [1.29, 1.82) is 0 Å². The number of thiophene rings is 1. The van der Waals surface area contributed by atoms with Gasteiger partial charge >= 0.3 is 0 Å². The summed E-state index contributed by atoms with van der Waals surface area (Å²) < 4.78 is 5.04. The second kappa shape index (κ2) is 4.84. The molecule has 1 aliphatic carbocycles. The SMILES string of the molecule is COc1csc(C(=O)NC(CN)C2CC2)c1. The zero-order chi connectivity index (χ0) is 11.5. The highest BCUT2D eigenvalue weighted by molar-refractivity contribution is 7.12. The minimum atomic E-state index is -0.0457. The third-order valence-electron chi connectivity index (χ3n) is 2.80. The van der Waals surface area contributed by atoms with Gasteiger partial charge in [0.2, 0.25) is 0 Å². The van der Waals surface area contributed by atoms with Crippen LogP contribution in [0.1, 0.15) is 22.5 Å². The Morgan fingerprint density at radius 3 is 3.00 bits per heavy atom. The maximum atomic E-state index is 11.9. The van der Waals surface area contributed by atoms with Crippen LogP contribution in [0.3, 0.4) is 0 Å². The van der Waals surface area contributed by atoms with E-state index in [0.717, 1.165) is 5.75 Å². The van der Waals surface area contributed by atoms with Gasteiger partial charge in [0.15, 0.2) is 0 Å². The van der Waals surface area contributed by atoms with Crippen LogP contribution in [0.4, 0.5) is 0 Å². The molecule has 1 aromatic rings. The standard InChI is InChI=1S/C11H16N2O2S/c1-15-8-4-10(16-6-8)11(14)13-9(5-12)7-2-3-7/h4,6-7,9H,2-3,5,12H2,1H3,(H,13,14). The summed E-state index contributed by atoms with van der Waals surface area (Å²) in [4.78, 5) is 12.5. The van der Waals surface area contributed by atoms with Crippen molar-refractivity contribution in [2.75, 3.05) is 13.7 Å². The van der Waals surface area contributed by atoms with Gasteiger partial charge in [0.1, 0.15) is 5.75 Å². The minimum Gasteiger partial charge on any atom is -0.496 e. The van der Waals surface area contributed by atoms with Gasteiger partial charge in [-0.3, -0.25) is 4.79 Å². The first kappa shape index (κ1) is 11.4. The van der Waals surface area contributed by atoms with Gasteiger partial charge in [-0.15, -0.1) is 11.3 Å². The van der Waals surface area contributed by atoms with E-state index in [4.69, 9.17) is 10.5 Å². The van der Waals surface area contributed by atoms with Gasteiger partial charge in [0.25, 0.3) is 5.91 Å². The van der Waals surface area contributed by atoms with Gasteiger partial charge < -0.3 is 15.8 Å². The highest BCUT2D eigenvalue weighted by Gasteiger charge is 2.31. The lowest BCUT2D eigenvalue weighted by Gasteiger charge is -2.14. The largest absolute Gasteiger partial charge is 0.496 e. The first-order chi connectivity index (χ1) is 7.74. The second-order valence-corrected chi connectivity index (χ2v) is 4.92. The summed E-state index contributed by atoms with van der Waals surface area (Å²) in [6.07, 6.45) is 2.35. The van der Waals surface area contributed by atoms with Gasteiger partial charge in [0.05, 0.1) is 12.0 Å². The zero-order valence-corrected chi connectivity index (χ0v) is 10.0. The van der Waals surface area contributed by atoms with Crippen molar-refractivity contribution >= 4 is 17.2 Å². The lowest BCUT2D eigenvalue weighted by Crippen LogP contribution is -2.41. The molecule has 5 heteroatoms. The monoisotopic (exact) mass is 240 g/mol. The quantitative estimate of drug-likeness (QED) is 0.813. The Bertz CT molecular complexity index is 374. The van der Waals surface area contributed by atoms with E-state index in [1.165, 1.54) is 24.2 Å². The Labute approximate surface area is 98.8 Å². The summed E-state index contributed by atoms with van der Waals surface area (Å²) in [7, 11) is 1.59. The number of carbonyl (C=O) groups excluding carboxylic acids is 1. The third kappa shape index (κ3) is 2.54. The molecule has 1 heterocycles. The lowest BCUT2D eigenvalue weighted by molar-refractivity contribution is 0.0937. The Balaban J connectivity index is 1.95. The van der Waals surface area contributed by atoms with Crippen LogP contribution in [-0.4, -0.2) is 25.6 Å². The molecule has 2 rings (SSSR count). The van der Waals surface area contributed by atoms with Gasteiger partial charge in [-0.05, 0) is 18.8 Å². The molecule has 0 aromatic carbocycles. The maximum absolute atomic E-state index is 11.9. The molecule has 0 aliphatic heterocycles. The number of rotatable bonds is 5. The van der Waals surface area contributed by atoms with Crippen molar-refractivity contribution in [2.45, 2.75) is 18.9 Å². The normalized spacial score (nSPS) is 16.9. The van der Waals surface area contributed by atoms with Gasteiger partial charge in [0, 0.05) is 24.0 Å². The molecule has 0 bridgehead atoms. The fourth-order valence-electron chi connectivity index (χ4n) is 1.65. The molecule has 1 amide bonds. The number of amides is 1. The number of hydrogen-bond acceptors (Lipinski definition) is 4. The van der Waals surface area contributed by atoms with Crippen LogP contribution in [0.5, 0.6) is 5.75 Å². The topological polar surface area (TPSA) is 64.3 Å².